The number of nitrogens with zero attached hydrogens (tertiary/aromatic N) is 2. The van der Waals surface area contributed by atoms with E-state index in [1.54, 1.807) is 17.5 Å². The van der Waals surface area contributed by atoms with Gasteiger partial charge in [-0.1, -0.05) is 72.0 Å². The van der Waals surface area contributed by atoms with Crippen molar-refractivity contribution in [2.24, 2.45) is 0 Å². The Balaban J connectivity index is 1.36. The number of fused-ring (bicyclic) bond motifs is 1. The fourth-order valence-corrected chi connectivity index (χ4v) is 3.84. The second-order valence-electron chi connectivity index (χ2n) is 6.12. The molecule has 26 heavy (non-hydrogen) atoms. The van der Waals surface area contributed by atoms with E-state index in [1.165, 1.54) is 5.56 Å². The van der Waals surface area contributed by atoms with E-state index in [0.29, 0.717) is 12.2 Å². The smallest absolute Gasteiger partial charge is 0.271 e. The summed E-state index contributed by atoms with van der Waals surface area (Å²) in [7, 11) is 0. The van der Waals surface area contributed by atoms with E-state index < -0.39 is 0 Å². The summed E-state index contributed by atoms with van der Waals surface area (Å²) in [6.45, 7) is 0.647. The third-order valence-electron chi connectivity index (χ3n) is 4.22. The first-order chi connectivity index (χ1) is 12.8. The third-order valence-corrected chi connectivity index (χ3v) is 5.26. The molecule has 0 bridgehead atoms. The molecule has 2 aromatic heterocycles. The van der Waals surface area contributed by atoms with Crippen molar-refractivity contribution in [1.82, 2.24) is 14.7 Å². The molecule has 0 atom stereocenters. The second-order valence-corrected chi connectivity index (χ2v) is 7.13. The highest BCUT2D eigenvalue weighted by Gasteiger charge is 2.13. The zero-order chi connectivity index (χ0) is 17.8. The lowest BCUT2D eigenvalue weighted by Crippen LogP contribution is -2.25. The highest BCUT2D eigenvalue weighted by Crippen LogP contribution is 2.28. The number of thiazole rings is 1. The molecule has 2 aromatic carbocycles. The molecular weight excluding hydrogens is 342 g/mol. The third kappa shape index (κ3) is 3.68. The van der Waals surface area contributed by atoms with Crippen LogP contribution < -0.4 is 5.32 Å². The van der Waals surface area contributed by atoms with E-state index in [2.05, 4.69) is 34.6 Å². The minimum absolute atomic E-state index is 0.116. The molecule has 0 aliphatic rings. The van der Waals surface area contributed by atoms with Crippen molar-refractivity contribution in [3.63, 3.8) is 0 Å². The number of carbonyl (C=O) groups is 1. The molecule has 130 valence electrons. The van der Waals surface area contributed by atoms with Gasteiger partial charge in [0.05, 0.1) is 4.88 Å². The summed E-state index contributed by atoms with van der Waals surface area (Å²) in [4.78, 5) is 18.7. The Bertz CT molecular complexity index is 974. The van der Waals surface area contributed by atoms with Crippen molar-refractivity contribution in [2.45, 2.75) is 12.8 Å². The Morgan fingerprint density at radius 2 is 1.73 bits per heavy atom. The van der Waals surface area contributed by atoms with Crippen LogP contribution in [-0.2, 0) is 6.42 Å². The molecule has 1 amide bonds. The predicted octanol–water partition coefficient (Wildman–Crippen LogP) is 4.43. The van der Waals surface area contributed by atoms with Crippen LogP contribution in [0.3, 0.4) is 0 Å². The van der Waals surface area contributed by atoms with Crippen molar-refractivity contribution in [3.8, 4) is 10.4 Å². The minimum atomic E-state index is -0.116. The molecule has 0 saturated heterocycles. The van der Waals surface area contributed by atoms with Gasteiger partial charge in [0, 0.05) is 18.9 Å². The Morgan fingerprint density at radius 3 is 2.46 bits per heavy atom. The van der Waals surface area contributed by atoms with Crippen molar-refractivity contribution in [1.29, 1.82) is 0 Å². The zero-order valence-electron chi connectivity index (χ0n) is 14.3. The maximum atomic E-state index is 12.3. The van der Waals surface area contributed by atoms with Crippen molar-refractivity contribution >= 4 is 22.2 Å². The van der Waals surface area contributed by atoms with Crippen LogP contribution in [-0.4, -0.2) is 21.8 Å². The van der Waals surface area contributed by atoms with Crippen LogP contribution in [0.15, 0.2) is 73.1 Å². The summed E-state index contributed by atoms with van der Waals surface area (Å²) in [6, 6.07) is 20.5. The second kappa shape index (κ2) is 7.54. The lowest BCUT2D eigenvalue weighted by molar-refractivity contribution is 0.0949. The molecule has 0 spiro atoms. The van der Waals surface area contributed by atoms with Crippen LogP contribution in [0.25, 0.3) is 15.4 Å². The van der Waals surface area contributed by atoms with Crippen LogP contribution in [0.1, 0.15) is 22.5 Å². The summed E-state index contributed by atoms with van der Waals surface area (Å²) in [6.07, 6.45) is 5.69. The maximum Gasteiger partial charge on any atom is 0.271 e. The molecule has 4 aromatic rings. The summed E-state index contributed by atoms with van der Waals surface area (Å²) in [5.41, 5.74) is 2.92. The molecule has 0 aliphatic heterocycles. The van der Waals surface area contributed by atoms with Crippen molar-refractivity contribution < 1.29 is 4.79 Å². The van der Waals surface area contributed by atoms with E-state index in [-0.39, 0.29) is 5.91 Å². The van der Waals surface area contributed by atoms with Crippen LogP contribution in [0.2, 0.25) is 0 Å². The lowest BCUT2D eigenvalue weighted by atomic mass is 10.1. The largest absolute Gasteiger partial charge is 0.351 e. The Kier molecular flexibility index (Phi) is 4.80. The number of benzene rings is 2. The van der Waals surface area contributed by atoms with Crippen LogP contribution in [0.4, 0.5) is 0 Å². The Morgan fingerprint density at radius 1 is 1.00 bits per heavy atom. The zero-order valence-corrected chi connectivity index (χ0v) is 15.1. The number of nitrogens with one attached hydrogen (secondary N) is 1. The van der Waals surface area contributed by atoms with Gasteiger partial charge >= 0.3 is 0 Å². The summed E-state index contributed by atoms with van der Waals surface area (Å²) in [5, 5.41) is 2.96. The van der Waals surface area contributed by atoms with E-state index >= 15 is 0 Å². The van der Waals surface area contributed by atoms with E-state index in [1.807, 2.05) is 47.0 Å². The average molecular weight is 361 g/mol. The highest BCUT2D eigenvalue weighted by molar-refractivity contribution is 7.20. The number of aromatic nitrogens is 2. The number of imidazole rings is 1. The number of rotatable bonds is 6. The molecule has 2 heterocycles. The first-order valence-electron chi connectivity index (χ1n) is 8.66. The van der Waals surface area contributed by atoms with Crippen LogP contribution in [0.5, 0.6) is 0 Å². The molecule has 0 unspecified atom stereocenters. The van der Waals surface area contributed by atoms with Gasteiger partial charge in [0.2, 0.25) is 0 Å². The molecule has 0 radical (unpaired) electrons. The van der Waals surface area contributed by atoms with Crippen molar-refractivity contribution in [3.05, 3.63) is 84.3 Å². The fourth-order valence-electron chi connectivity index (χ4n) is 2.87. The van der Waals surface area contributed by atoms with E-state index in [4.69, 9.17) is 0 Å². The average Bonchev–Trinajstić information content (AvgIpc) is 3.26. The SMILES string of the molecule is O=C(NCCCc1ccccc1)c1cn2cc(-c3ccccc3)sc2n1. The first-order valence-corrected chi connectivity index (χ1v) is 9.47. The van der Waals surface area contributed by atoms with Crippen molar-refractivity contribution in [2.75, 3.05) is 6.54 Å². The molecular formula is C21H19N3OS. The van der Waals surface area contributed by atoms with Crippen LogP contribution in [0, 0.1) is 0 Å². The monoisotopic (exact) mass is 361 g/mol. The van der Waals surface area contributed by atoms with Gasteiger partial charge in [-0.2, -0.15) is 0 Å². The predicted molar refractivity (Wildman–Crippen MR) is 106 cm³/mol. The quantitative estimate of drug-likeness (QED) is 0.517. The summed E-state index contributed by atoms with van der Waals surface area (Å²) in [5.74, 6) is -0.116. The minimum Gasteiger partial charge on any atom is -0.351 e. The topological polar surface area (TPSA) is 46.4 Å². The number of hydrogen-bond acceptors (Lipinski definition) is 3. The van der Waals surface area contributed by atoms with Gasteiger partial charge in [0.15, 0.2) is 4.96 Å². The Labute approximate surface area is 156 Å². The highest BCUT2D eigenvalue weighted by atomic mass is 32.1. The van der Waals surface area contributed by atoms with Gasteiger partial charge in [-0.05, 0) is 24.0 Å². The van der Waals surface area contributed by atoms with Gasteiger partial charge in [-0.3, -0.25) is 9.20 Å². The molecule has 4 nitrogen and oxygen atoms in total. The molecule has 5 heteroatoms. The lowest BCUT2D eigenvalue weighted by Gasteiger charge is -2.03. The number of aryl methyl sites for hydroxylation is 1. The summed E-state index contributed by atoms with van der Waals surface area (Å²) >= 11 is 1.59. The number of hydrogen-bond donors (Lipinski definition) is 1. The van der Waals surface area contributed by atoms with Gasteiger partial charge in [-0.25, -0.2) is 4.98 Å². The molecule has 0 saturated carbocycles. The summed E-state index contributed by atoms with van der Waals surface area (Å²) < 4.78 is 1.92. The normalized spacial score (nSPS) is 10.9. The first kappa shape index (κ1) is 16.5. The van der Waals surface area contributed by atoms with Gasteiger partial charge in [0.25, 0.3) is 5.91 Å². The fraction of sp³-hybridized carbons (Fsp3) is 0.143. The van der Waals surface area contributed by atoms with E-state index in [0.717, 1.165) is 28.2 Å². The standard InChI is InChI=1S/C21H19N3OS/c25-20(22-13-7-10-16-8-3-1-4-9-16)18-14-24-15-19(26-21(24)23-18)17-11-5-2-6-12-17/h1-6,8-9,11-12,14-15H,7,10,13H2,(H,22,25). The van der Waals surface area contributed by atoms with Gasteiger partial charge in [-0.15, -0.1) is 0 Å². The molecule has 1 N–H and O–H groups in total. The number of carbonyl (C=O) groups excluding carboxylic acids is 1. The maximum absolute atomic E-state index is 12.3. The van der Waals surface area contributed by atoms with Crippen LogP contribution >= 0.6 is 11.3 Å². The number of amides is 1. The molecule has 0 fully saturated rings. The Hall–Kier alpha value is -2.92. The van der Waals surface area contributed by atoms with E-state index in [9.17, 15) is 4.79 Å². The molecule has 4 rings (SSSR count). The van der Waals surface area contributed by atoms with Gasteiger partial charge < -0.3 is 5.32 Å². The van der Waals surface area contributed by atoms with Gasteiger partial charge in [0.1, 0.15) is 5.69 Å². The molecule has 0 aliphatic carbocycles.